The Balaban J connectivity index is 2.02. The Morgan fingerprint density at radius 3 is 2.62 bits per heavy atom. The molecule has 1 fully saturated rings. The summed E-state index contributed by atoms with van der Waals surface area (Å²) >= 11 is 0. The maximum Gasteiger partial charge on any atom is 0.416 e. The Labute approximate surface area is 121 Å². The van der Waals surface area contributed by atoms with Crippen LogP contribution in [0.1, 0.15) is 24.8 Å². The third-order valence-corrected chi connectivity index (χ3v) is 3.81. The van der Waals surface area contributed by atoms with Gasteiger partial charge >= 0.3 is 12.1 Å². The molecule has 1 atom stereocenters. The fourth-order valence-electron chi connectivity index (χ4n) is 2.34. The molecule has 1 unspecified atom stereocenters. The van der Waals surface area contributed by atoms with Crippen LogP contribution in [0.25, 0.3) is 0 Å². The van der Waals surface area contributed by atoms with Gasteiger partial charge in [0.2, 0.25) is 0 Å². The number of carbonyl (C=O) groups excluding carboxylic acids is 1. The molecule has 1 saturated carbocycles. The van der Waals surface area contributed by atoms with Gasteiger partial charge in [0.25, 0.3) is 0 Å². The first-order valence-corrected chi connectivity index (χ1v) is 6.79. The first-order valence-electron chi connectivity index (χ1n) is 6.79. The Kier molecular flexibility index (Phi) is 4.75. The van der Waals surface area contributed by atoms with E-state index in [1.54, 1.807) is 0 Å². The molecule has 1 aromatic carbocycles. The molecule has 21 heavy (non-hydrogen) atoms. The van der Waals surface area contributed by atoms with Gasteiger partial charge in [-0.1, -0.05) is 12.5 Å². The lowest BCUT2D eigenvalue weighted by Crippen LogP contribution is -2.34. The van der Waals surface area contributed by atoms with Crippen molar-refractivity contribution in [3.05, 3.63) is 29.8 Å². The normalized spacial score (nSPS) is 17.0. The van der Waals surface area contributed by atoms with Crippen LogP contribution in [0.3, 0.4) is 0 Å². The van der Waals surface area contributed by atoms with Gasteiger partial charge in [-0.05, 0) is 37.0 Å². The lowest BCUT2D eigenvalue weighted by Gasteiger charge is -2.31. The van der Waals surface area contributed by atoms with Gasteiger partial charge in [-0.3, -0.25) is 4.79 Å². The zero-order chi connectivity index (χ0) is 15.5. The van der Waals surface area contributed by atoms with Crippen molar-refractivity contribution >= 4 is 5.97 Å². The van der Waals surface area contributed by atoms with Gasteiger partial charge in [-0.2, -0.15) is 13.2 Å². The van der Waals surface area contributed by atoms with Crippen molar-refractivity contribution in [2.75, 3.05) is 13.7 Å². The van der Waals surface area contributed by atoms with E-state index in [-0.39, 0.29) is 24.2 Å². The monoisotopic (exact) mass is 302 g/mol. The number of carbonyl (C=O) groups is 1. The molecule has 6 heteroatoms. The average molecular weight is 302 g/mol. The second kappa shape index (κ2) is 6.37. The molecule has 0 aromatic heterocycles. The van der Waals surface area contributed by atoms with E-state index in [2.05, 4.69) is 0 Å². The van der Waals surface area contributed by atoms with Gasteiger partial charge in [-0.25, -0.2) is 0 Å². The number of ether oxygens (including phenoxy) is 2. The van der Waals surface area contributed by atoms with Crippen LogP contribution in [0.4, 0.5) is 13.2 Å². The lowest BCUT2D eigenvalue weighted by atomic mass is 9.76. The number of esters is 1. The fourth-order valence-corrected chi connectivity index (χ4v) is 2.34. The Morgan fingerprint density at radius 2 is 2.10 bits per heavy atom. The maximum atomic E-state index is 12.6. The number of hydrogen-bond acceptors (Lipinski definition) is 3. The van der Waals surface area contributed by atoms with Crippen LogP contribution < -0.4 is 4.74 Å². The minimum absolute atomic E-state index is 0.0403. The summed E-state index contributed by atoms with van der Waals surface area (Å²) in [5.41, 5.74) is -0.765. The summed E-state index contributed by atoms with van der Waals surface area (Å²) in [6.45, 7) is 0.0403. The number of hydrogen-bond donors (Lipinski definition) is 0. The molecule has 0 amide bonds. The van der Waals surface area contributed by atoms with Crippen LogP contribution in [-0.4, -0.2) is 19.7 Å². The molecule has 0 spiro atoms. The second-order valence-corrected chi connectivity index (χ2v) is 5.16. The smallest absolute Gasteiger partial charge is 0.416 e. The minimum Gasteiger partial charge on any atom is -0.493 e. The topological polar surface area (TPSA) is 35.5 Å². The molecule has 0 aliphatic heterocycles. The van der Waals surface area contributed by atoms with Crippen LogP contribution in [0.2, 0.25) is 0 Å². The van der Waals surface area contributed by atoms with Crippen molar-refractivity contribution in [2.45, 2.75) is 25.4 Å². The van der Waals surface area contributed by atoms with E-state index in [0.29, 0.717) is 0 Å². The van der Waals surface area contributed by atoms with Crippen molar-refractivity contribution in [1.29, 1.82) is 0 Å². The first kappa shape index (κ1) is 15.7. The van der Waals surface area contributed by atoms with Crippen LogP contribution in [0.15, 0.2) is 24.3 Å². The number of alkyl halides is 3. The number of methoxy groups -OCH3 is 1. The molecule has 116 valence electrons. The summed E-state index contributed by atoms with van der Waals surface area (Å²) < 4.78 is 48.0. The van der Waals surface area contributed by atoms with E-state index in [1.165, 1.54) is 19.2 Å². The Hall–Kier alpha value is -1.72. The highest BCUT2D eigenvalue weighted by molar-refractivity contribution is 5.73. The van der Waals surface area contributed by atoms with Crippen LogP contribution >= 0.6 is 0 Å². The molecule has 2 rings (SSSR count). The molecule has 3 nitrogen and oxygen atoms in total. The first-order chi connectivity index (χ1) is 9.91. The number of benzene rings is 1. The summed E-state index contributed by atoms with van der Waals surface area (Å²) in [6.07, 6.45) is -1.51. The summed E-state index contributed by atoms with van der Waals surface area (Å²) in [5, 5.41) is 0. The molecule has 0 radical (unpaired) electrons. The van der Waals surface area contributed by atoms with E-state index < -0.39 is 17.7 Å². The molecule has 0 heterocycles. The summed E-state index contributed by atoms with van der Waals surface area (Å²) in [6, 6.07) is 4.66. The van der Waals surface area contributed by atoms with Gasteiger partial charge in [0.15, 0.2) is 0 Å². The van der Waals surface area contributed by atoms with Crippen LogP contribution in [0, 0.1) is 11.8 Å². The molecule has 0 bridgehead atoms. The number of rotatable bonds is 5. The Morgan fingerprint density at radius 1 is 1.38 bits per heavy atom. The van der Waals surface area contributed by atoms with Crippen LogP contribution in [-0.2, 0) is 15.7 Å². The summed E-state index contributed by atoms with van der Waals surface area (Å²) in [5.74, 6) is -0.480. The Bertz CT molecular complexity index is 495. The molecule has 1 aliphatic rings. The predicted octanol–water partition coefficient (Wildman–Crippen LogP) is 3.67. The van der Waals surface area contributed by atoms with Crippen molar-refractivity contribution in [3.63, 3.8) is 0 Å². The van der Waals surface area contributed by atoms with E-state index in [9.17, 15) is 18.0 Å². The van der Waals surface area contributed by atoms with Gasteiger partial charge in [-0.15, -0.1) is 0 Å². The van der Waals surface area contributed by atoms with Crippen molar-refractivity contribution in [2.24, 2.45) is 11.8 Å². The van der Waals surface area contributed by atoms with Gasteiger partial charge in [0.05, 0.1) is 18.6 Å². The zero-order valence-corrected chi connectivity index (χ0v) is 11.7. The van der Waals surface area contributed by atoms with Gasteiger partial charge in [0, 0.05) is 0 Å². The van der Waals surface area contributed by atoms with Crippen LogP contribution in [0.5, 0.6) is 5.75 Å². The highest BCUT2D eigenvalue weighted by atomic mass is 19.4. The summed E-state index contributed by atoms with van der Waals surface area (Å²) in [4.78, 5) is 11.7. The molecular formula is C15H17F3O3. The molecule has 1 aliphatic carbocycles. The zero-order valence-electron chi connectivity index (χ0n) is 11.7. The third kappa shape index (κ3) is 3.89. The largest absolute Gasteiger partial charge is 0.493 e. The molecule has 0 saturated heterocycles. The van der Waals surface area contributed by atoms with E-state index in [0.717, 1.165) is 31.4 Å². The standard InChI is InChI=1S/C15H17F3O3/c1-20-14(19)13(10-4-2-5-10)9-21-12-7-3-6-11(8-12)15(16,17)18/h3,6-8,10,13H,2,4-5,9H2,1H3. The second-order valence-electron chi connectivity index (χ2n) is 5.16. The fraction of sp³-hybridized carbons (Fsp3) is 0.533. The van der Waals surface area contributed by atoms with Crippen molar-refractivity contribution < 1.29 is 27.4 Å². The average Bonchev–Trinajstić information content (AvgIpc) is 2.39. The van der Waals surface area contributed by atoms with Crippen molar-refractivity contribution in [1.82, 2.24) is 0 Å². The highest BCUT2D eigenvalue weighted by Crippen LogP contribution is 2.35. The quantitative estimate of drug-likeness (QED) is 0.778. The van der Waals surface area contributed by atoms with E-state index in [1.807, 2.05) is 0 Å². The van der Waals surface area contributed by atoms with Crippen molar-refractivity contribution in [3.8, 4) is 5.75 Å². The summed E-state index contributed by atoms with van der Waals surface area (Å²) in [7, 11) is 1.30. The van der Waals surface area contributed by atoms with E-state index >= 15 is 0 Å². The molecule has 1 aromatic rings. The van der Waals surface area contributed by atoms with E-state index in [4.69, 9.17) is 9.47 Å². The van der Waals surface area contributed by atoms with Gasteiger partial charge in [0.1, 0.15) is 12.4 Å². The third-order valence-electron chi connectivity index (χ3n) is 3.81. The predicted molar refractivity (Wildman–Crippen MR) is 69.8 cm³/mol. The molecule has 0 N–H and O–H groups in total. The maximum absolute atomic E-state index is 12.6. The van der Waals surface area contributed by atoms with Gasteiger partial charge < -0.3 is 9.47 Å². The molecular weight excluding hydrogens is 285 g/mol. The SMILES string of the molecule is COC(=O)C(COc1cccc(C(F)(F)F)c1)C1CCC1. The highest BCUT2D eigenvalue weighted by Gasteiger charge is 2.34. The minimum atomic E-state index is -4.41. The number of halogens is 3. The lowest BCUT2D eigenvalue weighted by molar-refractivity contribution is -0.150.